The highest BCUT2D eigenvalue weighted by atomic mass is 16.5. The molecule has 1 aromatic heterocycles. The van der Waals surface area contributed by atoms with Crippen molar-refractivity contribution in [1.82, 2.24) is 0 Å². The maximum Gasteiger partial charge on any atom is 0.256 e. The number of hydrogen-bond acceptors (Lipinski definition) is 3. The normalized spacial score (nSPS) is 9.88. The number of aromatic hydroxyl groups is 1. The number of phenols is 1. The predicted molar refractivity (Wildman–Crippen MR) is 61.5 cm³/mol. The van der Waals surface area contributed by atoms with Gasteiger partial charge in [-0.05, 0) is 24.3 Å². The van der Waals surface area contributed by atoms with Crippen LogP contribution in [0.1, 0.15) is 10.4 Å². The fourth-order valence-electron chi connectivity index (χ4n) is 1.31. The van der Waals surface area contributed by atoms with Crippen LogP contribution in [-0.4, -0.2) is 11.0 Å². The van der Waals surface area contributed by atoms with Gasteiger partial charge in [0.2, 0.25) is 0 Å². The number of anilines is 1. The van der Waals surface area contributed by atoms with E-state index in [1.54, 1.807) is 12.1 Å². The van der Waals surface area contributed by atoms with Crippen molar-refractivity contribution in [3.05, 3.63) is 59.6 Å². The molecule has 0 spiro atoms. The predicted octanol–water partition coefficient (Wildman–Crippen LogP) is 1.28. The molecule has 0 bridgehead atoms. The van der Waals surface area contributed by atoms with Crippen LogP contribution in [0.3, 0.4) is 0 Å². The average molecular weight is 230 g/mol. The Morgan fingerprint density at radius 2 is 1.71 bits per heavy atom. The molecule has 0 saturated heterocycles. The number of nitrogens with zero attached hydrogens (tertiary/aromatic N) is 1. The molecule has 0 radical (unpaired) electrons. The van der Waals surface area contributed by atoms with Gasteiger partial charge in [-0.2, -0.15) is 4.73 Å². The van der Waals surface area contributed by atoms with Crippen LogP contribution >= 0.6 is 0 Å². The average Bonchev–Trinajstić information content (AvgIpc) is 2.33. The third kappa shape index (κ3) is 2.72. The van der Waals surface area contributed by atoms with Gasteiger partial charge in [0.15, 0.2) is 12.4 Å². The number of hydrogen-bond donors (Lipinski definition) is 2. The van der Waals surface area contributed by atoms with Gasteiger partial charge >= 0.3 is 0 Å². The van der Waals surface area contributed by atoms with E-state index in [4.69, 9.17) is 5.11 Å². The zero-order chi connectivity index (χ0) is 12.3. The molecule has 0 aliphatic heterocycles. The van der Waals surface area contributed by atoms with E-state index in [9.17, 15) is 10.0 Å². The Morgan fingerprint density at radius 1 is 1.12 bits per heavy atom. The van der Waals surface area contributed by atoms with Crippen LogP contribution in [-0.2, 0) is 0 Å². The first kappa shape index (κ1) is 10.9. The number of rotatable bonds is 2. The summed E-state index contributed by atoms with van der Waals surface area (Å²) < 4.78 is 0.608. The van der Waals surface area contributed by atoms with Crippen LogP contribution < -0.4 is 10.0 Å². The highest BCUT2D eigenvalue weighted by Gasteiger charge is 2.06. The number of amides is 1. The molecule has 0 fully saturated rings. The second-order valence-corrected chi connectivity index (χ2v) is 3.45. The van der Waals surface area contributed by atoms with Crippen LogP contribution in [0.4, 0.5) is 5.69 Å². The quantitative estimate of drug-likeness (QED) is 0.463. The fourth-order valence-corrected chi connectivity index (χ4v) is 1.31. The lowest BCUT2D eigenvalue weighted by atomic mass is 10.2. The molecule has 2 rings (SSSR count). The lowest BCUT2D eigenvalue weighted by Gasteiger charge is -2.04. The van der Waals surface area contributed by atoms with Crippen LogP contribution in [0.5, 0.6) is 5.75 Å². The first-order valence-electron chi connectivity index (χ1n) is 4.94. The Kier molecular flexibility index (Phi) is 2.91. The molecule has 1 aromatic carbocycles. The van der Waals surface area contributed by atoms with E-state index >= 15 is 0 Å². The molecule has 0 unspecified atom stereocenters. The minimum Gasteiger partial charge on any atom is -0.619 e. The molecule has 86 valence electrons. The number of nitrogens with one attached hydrogen (secondary N) is 1. The van der Waals surface area contributed by atoms with Crippen molar-refractivity contribution in [3.63, 3.8) is 0 Å². The van der Waals surface area contributed by atoms with Crippen molar-refractivity contribution in [1.29, 1.82) is 0 Å². The van der Waals surface area contributed by atoms with Crippen LogP contribution in [0.25, 0.3) is 0 Å². The summed E-state index contributed by atoms with van der Waals surface area (Å²) in [6.07, 6.45) is 2.51. The van der Waals surface area contributed by atoms with Gasteiger partial charge in [-0.1, -0.05) is 0 Å². The summed E-state index contributed by atoms with van der Waals surface area (Å²) >= 11 is 0. The van der Waals surface area contributed by atoms with Gasteiger partial charge in [0.25, 0.3) is 5.91 Å². The van der Waals surface area contributed by atoms with E-state index in [2.05, 4.69) is 5.32 Å². The van der Waals surface area contributed by atoms with Gasteiger partial charge in [0.05, 0.1) is 5.56 Å². The minimum absolute atomic E-state index is 0.134. The first-order chi connectivity index (χ1) is 8.15. The van der Waals surface area contributed by atoms with Gasteiger partial charge < -0.3 is 15.6 Å². The molecule has 2 aromatic rings. The first-order valence-corrected chi connectivity index (χ1v) is 4.94. The van der Waals surface area contributed by atoms with Gasteiger partial charge in [0, 0.05) is 17.8 Å². The third-order valence-corrected chi connectivity index (χ3v) is 2.19. The molecule has 0 saturated carbocycles. The third-order valence-electron chi connectivity index (χ3n) is 2.19. The molecular formula is C12H10N2O3. The zero-order valence-electron chi connectivity index (χ0n) is 8.83. The monoisotopic (exact) mass is 230 g/mol. The largest absolute Gasteiger partial charge is 0.619 e. The number of benzene rings is 1. The topological polar surface area (TPSA) is 76.3 Å². The SMILES string of the molecule is O=C(Nc1ccc(O)cc1)c1cc[n+]([O-])cc1. The van der Waals surface area contributed by atoms with E-state index in [1.807, 2.05) is 0 Å². The molecule has 17 heavy (non-hydrogen) atoms. The van der Waals surface area contributed by atoms with E-state index in [1.165, 1.54) is 36.7 Å². The van der Waals surface area contributed by atoms with E-state index in [0.29, 0.717) is 16.0 Å². The van der Waals surface area contributed by atoms with Crippen molar-refractivity contribution in [2.75, 3.05) is 5.32 Å². The van der Waals surface area contributed by atoms with Crippen LogP contribution in [0.15, 0.2) is 48.8 Å². The molecule has 1 amide bonds. The fraction of sp³-hybridized carbons (Fsp3) is 0. The van der Waals surface area contributed by atoms with Crippen molar-refractivity contribution in [3.8, 4) is 5.75 Å². The molecule has 0 atom stereocenters. The summed E-state index contributed by atoms with van der Waals surface area (Å²) in [6.45, 7) is 0. The maximum atomic E-state index is 11.7. The molecule has 2 N–H and O–H groups in total. The minimum atomic E-state index is -0.309. The zero-order valence-corrected chi connectivity index (χ0v) is 8.83. The lowest BCUT2D eigenvalue weighted by Crippen LogP contribution is -2.25. The number of carbonyl (C=O) groups is 1. The highest BCUT2D eigenvalue weighted by Crippen LogP contribution is 2.14. The standard InChI is InChI=1S/C12H10N2O3/c15-11-3-1-10(2-4-11)13-12(16)9-5-7-14(17)8-6-9/h1-8,15H,(H,13,16). The lowest BCUT2D eigenvalue weighted by molar-refractivity contribution is -0.605. The summed E-state index contributed by atoms with van der Waals surface area (Å²) in [6, 6.07) is 9.00. The van der Waals surface area contributed by atoms with Gasteiger partial charge in [0.1, 0.15) is 5.75 Å². The molecule has 0 aliphatic carbocycles. The summed E-state index contributed by atoms with van der Waals surface area (Å²) in [4.78, 5) is 11.7. The van der Waals surface area contributed by atoms with E-state index in [0.717, 1.165) is 0 Å². The van der Waals surface area contributed by atoms with Crippen molar-refractivity contribution >= 4 is 11.6 Å². The number of aromatic nitrogens is 1. The second-order valence-electron chi connectivity index (χ2n) is 3.45. The van der Waals surface area contributed by atoms with Crippen LogP contribution in [0, 0.1) is 5.21 Å². The summed E-state index contributed by atoms with van der Waals surface area (Å²) in [5.74, 6) is -0.175. The molecule has 0 aliphatic rings. The van der Waals surface area contributed by atoms with Crippen molar-refractivity contribution in [2.24, 2.45) is 0 Å². The maximum absolute atomic E-state index is 11.7. The summed E-state index contributed by atoms with van der Waals surface area (Å²) in [5, 5.41) is 22.5. The Bertz CT molecular complexity index is 520. The molecule has 5 heteroatoms. The van der Waals surface area contributed by atoms with Crippen LogP contribution in [0.2, 0.25) is 0 Å². The Labute approximate surface area is 97.5 Å². The second kappa shape index (κ2) is 4.52. The Balaban J connectivity index is 2.11. The van der Waals surface area contributed by atoms with Crippen molar-refractivity contribution < 1.29 is 14.6 Å². The smallest absolute Gasteiger partial charge is 0.256 e. The highest BCUT2D eigenvalue weighted by molar-refractivity contribution is 6.04. The van der Waals surface area contributed by atoms with Crippen molar-refractivity contribution in [2.45, 2.75) is 0 Å². The van der Waals surface area contributed by atoms with Gasteiger partial charge in [-0.15, -0.1) is 0 Å². The molecule has 5 nitrogen and oxygen atoms in total. The Hall–Kier alpha value is -2.56. The Morgan fingerprint density at radius 3 is 2.29 bits per heavy atom. The van der Waals surface area contributed by atoms with E-state index in [-0.39, 0.29) is 11.7 Å². The van der Waals surface area contributed by atoms with E-state index < -0.39 is 0 Å². The summed E-state index contributed by atoms with van der Waals surface area (Å²) in [7, 11) is 0. The molecular weight excluding hydrogens is 220 g/mol. The van der Waals surface area contributed by atoms with Gasteiger partial charge in [-0.3, -0.25) is 4.79 Å². The van der Waals surface area contributed by atoms with Gasteiger partial charge in [-0.25, -0.2) is 0 Å². The number of pyridine rings is 1. The number of carbonyl (C=O) groups excluding carboxylic acids is 1. The summed E-state index contributed by atoms with van der Waals surface area (Å²) in [5.41, 5.74) is 0.969. The number of phenolic OH excluding ortho intramolecular Hbond substituents is 1. The molecule has 1 heterocycles.